The number of ether oxygens (including phenoxy) is 1. The van der Waals surface area contributed by atoms with Gasteiger partial charge in [0.25, 0.3) is 10.0 Å². The van der Waals surface area contributed by atoms with E-state index < -0.39 is 10.0 Å². The molecular formula is C21H23N3O3S. The molecule has 0 amide bonds. The lowest BCUT2D eigenvalue weighted by molar-refractivity contribution is 0.194. The minimum atomic E-state index is -3.78. The minimum Gasteiger partial charge on any atom is -0.379 e. The predicted molar refractivity (Wildman–Crippen MR) is 108 cm³/mol. The number of aryl methyl sites for hydroxylation is 2. The van der Waals surface area contributed by atoms with E-state index in [9.17, 15) is 8.42 Å². The molecule has 28 heavy (non-hydrogen) atoms. The third-order valence-electron chi connectivity index (χ3n) is 4.90. The molecule has 2 aromatic carbocycles. The molecule has 6 nitrogen and oxygen atoms in total. The van der Waals surface area contributed by atoms with Crippen LogP contribution in [-0.2, 0) is 27.7 Å². The van der Waals surface area contributed by atoms with Crippen LogP contribution in [0.3, 0.4) is 0 Å². The van der Waals surface area contributed by atoms with Gasteiger partial charge in [-0.15, -0.1) is 0 Å². The van der Waals surface area contributed by atoms with Crippen molar-refractivity contribution in [2.75, 3.05) is 17.5 Å². The van der Waals surface area contributed by atoms with Gasteiger partial charge in [0.05, 0.1) is 24.5 Å². The number of hydrogen-bond acceptors (Lipinski definition) is 4. The Morgan fingerprint density at radius 3 is 2.43 bits per heavy atom. The molecule has 0 radical (unpaired) electrons. The summed E-state index contributed by atoms with van der Waals surface area (Å²) < 4.78 is 35.8. The van der Waals surface area contributed by atoms with Gasteiger partial charge in [0.15, 0.2) is 5.03 Å². The van der Waals surface area contributed by atoms with Gasteiger partial charge in [0, 0.05) is 13.2 Å². The molecule has 2 heterocycles. The summed E-state index contributed by atoms with van der Waals surface area (Å²) in [5, 5.41) is 4.49. The zero-order chi connectivity index (χ0) is 19.4. The highest BCUT2D eigenvalue weighted by molar-refractivity contribution is 7.92. The number of sulfonamides is 1. The van der Waals surface area contributed by atoms with E-state index in [1.807, 2.05) is 60.7 Å². The molecule has 0 N–H and O–H groups in total. The first-order chi connectivity index (χ1) is 13.7. The normalized spacial score (nSPS) is 16.9. The summed E-state index contributed by atoms with van der Waals surface area (Å²) >= 11 is 0. The Kier molecular flexibility index (Phi) is 5.45. The summed E-state index contributed by atoms with van der Waals surface area (Å²) in [6.45, 7) is 1.46. The largest absolute Gasteiger partial charge is 0.379 e. The molecule has 0 saturated carbocycles. The van der Waals surface area contributed by atoms with Crippen molar-refractivity contribution in [1.82, 2.24) is 9.78 Å². The second-order valence-corrected chi connectivity index (χ2v) is 8.54. The van der Waals surface area contributed by atoms with Gasteiger partial charge in [0.2, 0.25) is 0 Å². The lowest BCUT2D eigenvalue weighted by atomic mass is 10.1. The topological polar surface area (TPSA) is 64.4 Å². The molecule has 7 heteroatoms. The Hall–Kier alpha value is -2.64. The zero-order valence-electron chi connectivity index (χ0n) is 15.5. The van der Waals surface area contributed by atoms with E-state index in [-0.39, 0.29) is 11.1 Å². The van der Waals surface area contributed by atoms with E-state index in [2.05, 4.69) is 5.10 Å². The SMILES string of the molecule is O=S(=O)(c1ccnn1CCc1ccccc1)N(c1ccccc1)C1CCOC1. The average Bonchev–Trinajstić information content (AvgIpc) is 3.40. The second kappa shape index (κ2) is 8.16. The van der Waals surface area contributed by atoms with Crippen molar-refractivity contribution < 1.29 is 13.2 Å². The fourth-order valence-corrected chi connectivity index (χ4v) is 5.31. The summed E-state index contributed by atoms with van der Waals surface area (Å²) in [7, 11) is -3.78. The quantitative estimate of drug-likeness (QED) is 0.615. The smallest absolute Gasteiger partial charge is 0.281 e. The molecule has 0 aliphatic carbocycles. The van der Waals surface area contributed by atoms with Gasteiger partial charge < -0.3 is 4.74 Å². The minimum absolute atomic E-state index is 0.208. The summed E-state index contributed by atoms with van der Waals surface area (Å²) in [4.78, 5) is 0. The van der Waals surface area contributed by atoms with Crippen molar-refractivity contribution >= 4 is 15.7 Å². The van der Waals surface area contributed by atoms with Crippen molar-refractivity contribution in [2.45, 2.75) is 30.5 Å². The fraction of sp³-hybridized carbons (Fsp3) is 0.286. The van der Waals surface area contributed by atoms with Crippen LogP contribution in [0.4, 0.5) is 5.69 Å². The van der Waals surface area contributed by atoms with Crippen LogP contribution in [0, 0.1) is 0 Å². The lowest BCUT2D eigenvalue weighted by Gasteiger charge is -2.29. The highest BCUT2D eigenvalue weighted by atomic mass is 32.2. The molecule has 1 atom stereocenters. The van der Waals surface area contributed by atoms with Crippen LogP contribution in [0.15, 0.2) is 78.0 Å². The van der Waals surface area contributed by atoms with Crippen LogP contribution in [-0.4, -0.2) is 37.5 Å². The van der Waals surface area contributed by atoms with Crippen molar-refractivity contribution in [3.05, 3.63) is 78.5 Å². The Labute approximate surface area is 165 Å². The molecule has 1 saturated heterocycles. The van der Waals surface area contributed by atoms with Crippen molar-refractivity contribution in [1.29, 1.82) is 0 Å². The van der Waals surface area contributed by atoms with E-state index in [0.717, 1.165) is 5.56 Å². The number of para-hydroxylation sites is 1. The Bertz CT molecular complexity index is 998. The standard InChI is InChI=1S/C21H23N3O3S/c25-28(26,24(20-13-16-27-17-20)19-9-5-2-6-10-19)21-11-14-22-23(21)15-12-18-7-3-1-4-8-18/h1-11,14,20H,12-13,15-17H2. The van der Waals surface area contributed by atoms with Crippen LogP contribution in [0.5, 0.6) is 0 Å². The molecule has 3 aromatic rings. The average molecular weight is 398 g/mol. The summed E-state index contributed by atoms with van der Waals surface area (Å²) in [6.07, 6.45) is 2.93. The Morgan fingerprint density at radius 1 is 1.04 bits per heavy atom. The lowest BCUT2D eigenvalue weighted by Crippen LogP contribution is -2.41. The van der Waals surface area contributed by atoms with Crippen LogP contribution in [0.2, 0.25) is 0 Å². The Morgan fingerprint density at radius 2 is 1.75 bits per heavy atom. The third-order valence-corrected chi connectivity index (χ3v) is 6.81. The molecular weight excluding hydrogens is 374 g/mol. The van der Waals surface area contributed by atoms with E-state index in [1.54, 1.807) is 16.9 Å². The van der Waals surface area contributed by atoms with Gasteiger partial charge >= 0.3 is 0 Å². The Balaban J connectivity index is 1.65. The first-order valence-corrected chi connectivity index (χ1v) is 10.8. The number of benzene rings is 2. The molecule has 0 bridgehead atoms. The summed E-state index contributed by atoms with van der Waals surface area (Å²) in [6, 6.07) is 20.6. The first-order valence-electron chi connectivity index (χ1n) is 9.39. The van der Waals surface area contributed by atoms with Crippen molar-refractivity contribution in [3.63, 3.8) is 0 Å². The zero-order valence-corrected chi connectivity index (χ0v) is 16.3. The van der Waals surface area contributed by atoms with E-state index in [0.29, 0.717) is 38.3 Å². The number of rotatable bonds is 7. The highest BCUT2D eigenvalue weighted by Crippen LogP contribution is 2.29. The van der Waals surface area contributed by atoms with Gasteiger partial charge in [0.1, 0.15) is 0 Å². The molecule has 1 aliphatic rings. The second-order valence-electron chi connectivity index (χ2n) is 6.78. The summed E-state index contributed by atoms with van der Waals surface area (Å²) in [5.41, 5.74) is 1.79. The van der Waals surface area contributed by atoms with E-state index in [1.165, 1.54) is 4.31 Å². The molecule has 1 aliphatic heterocycles. The molecule has 4 rings (SSSR count). The van der Waals surface area contributed by atoms with Gasteiger partial charge in [-0.1, -0.05) is 48.5 Å². The van der Waals surface area contributed by atoms with Gasteiger partial charge in [-0.05, 0) is 36.6 Å². The van der Waals surface area contributed by atoms with Crippen LogP contribution in [0.25, 0.3) is 0 Å². The van der Waals surface area contributed by atoms with Crippen molar-refractivity contribution in [3.8, 4) is 0 Å². The van der Waals surface area contributed by atoms with E-state index in [4.69, 9.17) is 4.74 Å². The summed E-state index contributed by atoms with van der Waals surface area (Å²) in [5.74, 6) is 0. The third kappa shape index (κ3) is 3.81. The number of aromatic nitrogens is 2. The number of hydrogen-bond donors (Lipinski definition) is 0. The van der Waals surface area contributed by atoms with Gasteiger partial charge in [-0.2, -0.15) is 13.5 Å². The van der Waals surface area contributed by atoms with Crippen LogP contribution < -0.4 is 4.31 Å². The van der Waals surface area contributed by atoms with E-state index >= 15 is 0 Å². The van der Waals surface area contributed by atoms with Crippen LogP contribution >= 0.6 is 0 Å². The maximum Gasteiger partial charge on any atom is 0.281 e. The monoisotopic (exact) mass is 397 g/mol. The number of nitrogens with zero attached hydrogens (tertiary/aromatic N) is 3. The maximum absolute atomic E-state index is 13.6. The van der Waals surface area contributed by atoms with Crippen molar-refractivity contribution in [2.24, 2.45) is 0 Å². The fourth-order valence-electron chi connectivity index (χ4n) is 3.52. The number of anilines is 1. The molecule has 1 fully saturated rings. The highest BCUT2D eigenvalue weighted by Gasteiger charge is 2.36. The van der Waals surface area contributed by atoms with Gasteiger partial charge in [-0.3, -0.25) is 8.99 Å². The predicted octanol–water partition coefficient (Wildman–Crippen LogP) is 3.11. The molecule has 146 valence electrons. The van der Waals surface area contributed by atoms with Gasteiger partial charge in [-0.25, -0.2) is 0 Å². The molecule has 1 aromatic heterocycles. The first kappa shape index (κ1) is 18.7. The molecule has 0 spiro atoms. The van der Waals surface area contributed by atoms with Crippen LogP contribution in [0.1, 0.15) is 12.0 Å². The molecule has 1 unspecified atom stereocenters. The maximum atomic E-state index is 13.6.